The van der Waals surface area contributed by atoms with Gasteiger partial charge in [-0.2, -0.15) is 0 Å². The highest BCUT2D eigenvalue weighted by Gasteiger charge is 2.16. The Bertz CT molecular complexity index is 550. The van der Waals surface area contributed by atoms with Crippen molar-refractivity contribution in [3.8, 4) is 0 Å². The Hall–Kier alpha value is -2.70. The van der Waals surface area contributed by atoms with Gasteiger partial charge in [0, 0.05) is 12.3 Å². The maximum Gasteiger partial charge on any atom is 0.374 e. The van der Waals surface area contributed by atoms with Crippen molar-refractivity contribution in [1.82, 2.24) is 10.1 Å². The van der Waals surface area contributed by atoms with E-state index in [4.69, 9.17) is 5.11 Å². The molecule has 0 aliphatic carbocycles. The third-order valence-corrected chi connectivity index (χ3v) is 1.86. The Balaban J connectivity index is 2.12. The highest BCUT2D eigenvalue weighted by molar-refractivity contribution is 6.03. The van der Waals surface area contributed by atoms with Crippen molar-refractivity contribution in [2.45, 2.75) is 0 Å². The fourth-order valence-electron chi connectivity index (χ4n) is 1.10. The van der Waals surface area contributed by atoms with E-state index in [-0.39, 0.29) is 5.69 Å². The first kappa shape index (κ1) is 10.8. The predicted octanol–water partition coefficient (Wildman–Crippen LogP) is 1.02. The summed E-state index contributed by atoms with van der Waals surface area (Å²) in [5, 5.41) is 14.4. The molecule has 0 atom stereocenters. The van der Waals surface area contributed by atoms with Gasteiger partial charge in [0.05, 0.1) is 0 Å². The van der Waals surface area contributed by atoms with Crippen molar-refractivity contribution in [1.29, 1.82) is 0 Å². The normalized spacial score (nSPS) is 9.88. The number of rotatable bonds is 3. The average Bonchev–Trinajstić information content (AvgIpc) is 2.79. The summed E-state index contributed by atoms with van der Waals surface area (Å²) < 4.78 is 4.45. The minimum Gasteiger partial charge on any atom is -0.475 e. The van der Waals surface area contributed by atoms with Gasteiger partial charge < -0.3 is 14.9 Å². The highest BCUT2D eigenvalue weighted by atomic mass is 16.5. The second kappa shape index (κ2) is 4.44. The van der Waals surface area contributed by atoms with Crippen molar-refractivity contribution in [2.75, 3.05) is 5.32 Å². The van der Waals surface area contributed by atoms with Crippen LogP contribution in [0.15, 0.2) is 35.0 Å². The monoisotopic (exact) mass is 233 g/mol. The van der Waals surface area contributed by atoms with Gasteiger partial charge in [-0.15, -0.1) is 0 Å². The molecule has 0 aliphatic rings. The predicted molar refractivity (Wildman–Crippen MR) is 55.7 cm³/mol. The van der Waals surface area contributed by atoms with Gasteiger partial charge in [0.1, 0.15) is 5.82 Å². The molecular weight excluding hydrogens is 226 g/mol. The van der Waals surface area contributed by atoms with E-state index in [0.717, 1.165) is 6.07 Å². The second-order valence-corrected chi connectivity index (χ2v) is 3.05. The Morgan fingerprint density at radius 3 is 2.76 bits per heavy atom. The average molecular weight is 233 g/mol. The highest BCUT2D eigenvalue weighted by Crippen LogP contribution is 2.07. The van der Waals surface area contributed by atoms with Crippen molar-refractivity contribution in [3.63, 3.8) is 0 Å². The topological polar surface area (TPSA) is 105 Å². The van der Waals surface area contributed by atoms with Crippen molar-refractivity contribution < 1.29 is 19.2 Å². The summed E-state index contributed by atoms with van der Waals surface area (Å²) in [6.07, 6.45) is 1.51. The number of aromatic nitrogens is 2. The third-order valence-electron chi connectivity index (χ3n) is 1.86. The van der Waals surface area contributed by atoms with E-state index < -0.39 is 17.6 Å². The zero-order valence-corrected chi connectivity index (χ0v) is 8.45. The van der Waals surface area contributed by atoms with Crippen LogP contribution in [0, 0.1) is 0 Å². The number of hydrogen-bond donors (Lipinski definition) is 2. The molecule has 2 aromatic rings. The first-order valence-electron chi connectivity index (χ1n) is 4.59. The first-order valence-corrected chi connectivity index (χ1v) is 4.59. The zero-order valence-electron chi connectivity index (χ0n) is 8.45. The van der Waals surface area contributed by atoms with Crippen LogP contribution in [-0.4, -0.2) is 27.1 Å². The molecule has 1 amide bonds. The van der Waals surface area contributed by atoms with Gasteiger partial charge in [0.2, 0.25) is 5.76 Å². The Morgan fingerprint density at radius 1 is 1.35 bits per heavy atom. The van der Waals surface area contributed by atoms with Gasteiger partial charge in [-0.05, 0) is 12.1 Å². The minimum atomic E-state index is -1.28. The van der Waals surface area contributed by atoms with Gasteiger partial charge in [-0.25, -0.2) is 9.78 Å². The van der Waals surface area contributed by atoms with E-state index in [2.05, 4.69) is 20.0 Å². The molecule has 2 heterocycles. The summed E-state index contributed by atoms with van der Waals surface area (Å²) in [6, 6.07) is 6.04. The summed E-state index contributed by atoms with van der Waals surface area (Å²) in [5.41, 5.74) is -0.118. The van der Waals surface area contributed by atoms with Crippen LogP contribution in [0.5, 0.6) is 0 Å². The summed E-state index contributed by atoms with van der Waals surface area (Å²) in [6.45, 7) is 0. The maximum absolute atomic E-state index is 11.6. The SMILES string of the molecule is O=C(Nc1ccccn1)c1cc(C(=O)O)on1. The molecule has 2 rings (SSSR count). The van der Waals surface area contributed by atoms with Crippen LogP contribution in [0.1, 0.15) is 21.0 Å². The lowest BCUT2D eigenvalue weighted by Crippen LogP contribution is -2.13. The molecule has 0 unspecified atom stereocenters. The van der Waals surface area contributed by atoms with E-state index in [9.17, 15) is 9.59 Å². The van der Waals surface area contributed by atoms with Crippen LogP contribution < -0.4 is 5.32 Å². The van der Waals surface area contributed by atoms with Crippen LogP contribution in [-0.2, 0) is 0 Å². The standard InChI is InChI=1S/C10H7N3O4/c14-9(12-8-3-1-2-4-11-8)6-5-7(10(15)16)17-13-6/h1-5H,(H,15,16)(H,11,12,14). The van der Waals surface area contributed by atoms with Crippen LogP contribution in [0.25, 0.3) is 0 Å². The largest absolute Gasteiger partial charge is 0.475 e. The fourth-order valence-corrected chi connectivity index (χ4v) is 1.10. The van der Waals surface area contributed by atoms with E-state index in [1.165, 1.54) is 6.20 Å². The van der Waals surface area contributed by atoms with E-state index in [0.29, 0.717) is 5.82 Å². The summed E-state index contributed by atoms with van der Waals surface area (Å²) >= 11 is 0. The van der Waals surface area contributed by atoms with Crippen LogP contribution in [0.2, 0.25) is 0 Å². The quantitative estimate of drug-likeness (QED) is 0.819. The van der Waals surface area contributed by atoms with Crippen molar-refractivity contribution >= 4 is 17.7 Å². The number of carboxylic acid groups (broad SMARTS) is 1. The molecule has 0 saturated carbocycles. The summed E-state index contributed by atoms with van der Waals surface area (Å²) in [4.78, 5) is 26.0. The lowest BCUT2D eigenvalue weighted by atomic mass is 10.3. The lowest BCUT2D eigenvalue weighted by molar-refractivity contribution is 0.0651. The molecular formula is C10H7N3O4. The van der Waals surface area contributed by atoms with Crippen molar-refractivity contribution in [3.05, 3.63) is 41.9 Å². The minimum absolute atomic E-state index is 0.118. The molecule has 0 bridgehead atoms. The van der Waals surface area contributed by atoms with Gasteiger partial charge in [0.15, 0.2) is 5.69 Å². The van der Waals surface area contributed by atoms with E-state index in [1.807, 2.05) is 0 Å². The number of nitrogens with one attached hydrogen (secondary N) is 1. The number of nitrogens with zero attached hydrogens (tertiary/aromatic N) is 2. The number of amides is 1. The number of hydrogen-bond acceptors (Lipinski definition) is 5. The Morgan fingerprint density at radius 2 is 2.18 bits per heavy atom. The molecule has 7 nitrogen and oxygen atoms in total. The molecule has 0 aliphatic heterocycles. The smallest absolute Gasteiger partial charge is 0.374 e. The van der Waals surface area contributed by atoms with Gasteiger partial charge in [-0.1, -0.05) is 11.2 Å². The maximum atomic E-state index is 11.6. The van der Waals surface area contributed by atoms with E-state index in [1.54, 1.807) is 18.2 Å². The number of pyridine rings is 1. The number of aromatic carboxylic acids is 1. The molecule has 86 valence electrons. The molecule has 7 heteroatoms. The molecule has 0 fully saturated rings. The first-order chi connectivity index (χ1) is 8.16. The van der Waals surface area contributed by atoms with Crippen LogP contribution >= 0.6 is 0 Å². The molecule has 0 saturated heterocycles. The Kier molecular flexibility index (Phi) is 2.82. The van der Waals surface area contributed by atoms with Gasteiger partial charge in [-0.3, -0.25) is 4.79 Å². The van der Waals surface area contributed by atoms with Gasteiger partial charge in [0.25, 0.3) is 5.91 Å². The van der Waals surface area contributed by atoms with Crippen LogP contribution in [0.4, 0.5) is 5.82 Å². The lowest BCUT2D eigenvalue weighted by Gasteiger charge is -1.99. The molecule has 0 radical (unpaired) electrons. The number of anilines is 1. The van der Waals surface area contributed by atoms with Crippen molar-refractivity contribution in [2.24, 2.45) is 0 Å². The molecule has 0 aromatic carbocycles. The number of carbonyl (C=O) groups excluding carboxylic acids is 1. The summed E-state index contributed by atoms with van der Waals surface area (Å²) in [5.74, 6) is -1.91. The summed E-state index contributed by atoms with van der Waals surface area (Å²) in [7, 11) is 0. The number of carboxylic acids is 1. The van der Waals surface area contributed by atoms with Gasteiger partial charge >= 0.3 is 5.97 Å². The van der Waals surface area contributed by atoms with E-state index >= 15 is 0 Å². The second-order valence-electron chi connectivity index (χ2n) is 3.05. The van der Waals surface area contributed by atoms with Crippen LogP contribution in [0.3, 0.4) is 0 Å². The molecule has 2 N–H and O–H groups in total. The third kappa shape index (κ3) is 2.46. The fraction of sp³-hybridized carbons (Fsp3) is 0. The zero-order chi connectivity index (χ0) is 12.3. The molecule has 2 aromatic heterocycles. The Labute approximate surface area is 95.1 Å². The molecule has 17 heavy (non-hydrogen) atoms. The number of carbonyl (C=O) groups is 2. The molecule has 0 spiro atoms.